The summed E-state index contributed by atoms with van der Waals surface area (Å²) >= 11 is 0. The molecular weight excluding hydrogens is 272 g/mol. The number of allylic oxidation sites excluding steroid dienone is 1. The summed E-state index contributed by atoms with van der Waals surface area (Å²) in [5, 5.41) is 4.29. The lowest BCUT2D eigenvalue weighted by molar-refractivity contribution is -0.660. The molecule has 2 heterocycles. The molecule has 0 amide bonds. The average Bonchev–Trinajstić information content (AvgIpc) is 2.87. The van der Waals surface area contributed by atoms with Gasteiger partial charge in [-0.2, -0.15) is 0 Å². The molecule has 0 saturated heterocycles. The largest absolute Gasteiger partial charge is 0.439 e. The average molecular weight is 293 g/mol. The Morgan fingerprint density at radius 2 is 2.00 bits per heavy atom. The van der Waals surface area contributed by atoms with Gasteiger partial charge in [-0.25, -0.2) is 4.57 Å². The standard InChI is InChI=1S/C19H21N2O/c1-5-8-15-14-11-10-13(2)17(18(14)22-19(15)20-3)16-9-6-7-12-21(16)4/h5-12,20H,1-4H3/q+1/b8-5-. The first-order valence-electron chi connectivity index (χ1n) is 7.49. The van der Waals surface area contributed by atoms with Crippen LogP contribution in [0.5, 0.6) is 0 Å². The maximum atomic E-state index is 6.15. The fraction of sp³-hybridized carbons (Fsp3) is 0.211. The Morgan fingerprint density at radius 1 is 1.18 bits per heavy atom. The van der Waals surface area contributed by atoms with Crippen molar-refractivity contribution < 1.29 is 8.98 Å². The summed E-state index contributed by atoms with van der Waals surface area (Å²) < 4.78 is 8.27. The highest BCUT2D eigenvalue weighted by Gasteiger charge is 2.21. The molecule has 2 aromatic heterocycles. The maximum Gasteiger partial charge on any atom is 0.216 e. The van der Waals surface area contributed by atoms with Gasteiger partial charge in [0.05, 0.1) is 5.56 Å². The summed E-state index contributed by atoms with van der Waals surface area (Å²) in [7, 11) is 3.95. The molecule has 22 heavy (non-hydrogen) atoms. The molecule has 3 heteroatoms. The zero-order chi connectivity index (χ0) is 15.7. The Bertz CT molecular complexity index is 859. The number of furan rings is 1. The van der Waals surface area contributed by atoms with Gasteiger partial charge in [-0.1, -0.05) is 24.3 Å². The molecule has 0 aliphatic rings. The van der Waals surface area contributed by atoms with Gasteiger partial charge in [0.2, 0.25) is 11.6 Å². The van der Waals surface area contributed by atoms with Crippen LogP contribution in [0.15, 0.2) is 47.0 Å². The molecule has 0 aliphatic carbocycles. The zero-order valence-corrected chi connectivity index (χ0v) is 13.5. The van der Waals surface area contributed by atoms with E-state index in [2.05, 4.69) is 60.4 Å². The van der Waals surface area contributed by atoms with E-state index in [1.807, 2.05) is 26.1 Å². The van der Waals surface area contributed by atoms with E-state index in [1.54, 1.807) is 0 Å². The topological polar surface area (TPSA) is 29.1 Å². The van der Waals surface area contributed by atoms with E-state index in [0.717, 1.165) is 33.7 Å². The molecule has 0 bridgehead atoms. The smallest absolute Gasteiger partial charge is 0.216 e. The van der Waals surface area contributed by atoms with Gasteiger partial charge in [0.1, 0.15) is 7.05 Å². The van der Waals surface area contributed by atoms with Crippen LogP contribution in [0, 0.1) is 6.92 Å². The number of anilines is 1. The number of nitrogens with one attached hydrogen (secondary N) is 1. The molecule has 3 rings (SSSR count). The first kappa shape index (κ1) is 14.4. The summed E-state index contributed by atoms with van der Waals surface area (Å²) in [5.41, 5.74) is 5.53. The van der Waals surface area contributed by atoms with Crippen LogP contribution < -0.4 is 9.88 Å². The lowest BCUT2D eigenvalue weighted by Crippen LogP contribution is -2.30. The molecule has 112 valence electrons. The monoisotopic (exact) mass is 293 g/mol. The fourth-order valence-electron chi connectivity index (χ4n) is 2.90. The predicted octanol–water partition coefficient (Wildman–Crippen LogP) is 4.31. The van der Waals surface area contributed by atoms with Gasteiger partial charge < -0.3 is 9.73 Å². The summed E-state index contributed by atoms with van der Waals surface area (Å²) in [4.78, 5) is 0. The van der Waals surface area contributed by atoms with Crippen molar-refractivity contribution in [2.45, 2.75) is 13.8 Å². The SMILES string of the molecule is C/C=C\c1c(NC)oc2c(-c3cccc[n+]3C)c(C)ccc12. The highest BCUT2D eigenvalue weighted by Crippen LogP contribution is 2.38. The predicted molar refractivity (Wildman–Crippen MR) is 91.8 cm³/mol. The molecule has 1 aromatic carbocycles. The molecular formula is C19H21N2O+. The van der Waals surface area contributed by atoms with E-state index >= 15 is 0 Å². The number of hydrogen-bond donors (Lipinski definition) is 1. The third-order valence-corrected chi connectivity index (χ3v) is 3.98. The van der Waals surface area contributed by atoms with Gasteiger partial charge >= 0.3 is 0 Å². The molecule has 3 aromatic rings. The van der Waals surface area contributed by atoms with Crippen molar-refractivity contribution in [1.82, 2.24) is 0 Å². The lowest BCUT2D eigenvalue weighted by Gasteiger charge is -2.05. The molecule has 0 fully saturated rings. The molecule has 0 aliphatic heterocycles. The van der Waals surface area contributed by atoms with Crippen molar-refractivity contribution in [1.29, 1.82) is 0 Å². The molecule has 1 N–H and O–H groups in total. The van der Waals surface area contributed by atoms with Crippen LogP contribution in [0.1, 0.15) is 18.1 Å². The number of fused-ring (bicyclic) bond motifs is 1. The van der Waals surface area contributed by atoms with Crippen LogP contribution in [-0.2, 0) is 7.05 Å². The van der Waals surface area contributed by atoms with Crippen molar-refractivity contribution >= 4 is 22.9 Å². The van der Waals surface area contributed by atoms with Crippen LogP contribution in [-0.4, -0.2) is 7.05 Å². The summed E-state index contributed by atoms with van der Waals surface area (Å²) in [6, 6.07) is 10.5. The number of aryl methyl sites for hydroxylation is 2. The lowest BCUT2D eigenvalue weighted by atomic mass is 10.00. The van der Waals surface area contributed by atoms with Gasteiger partial charge in [-0.3, -0.25) is 0 Å². The van der Waals surface area contributed by atoms with E-state index in [1.165, 1.54) is 5.56 Å². The molecule has 0 unspecified atom stereocenters. The van der Waals surface area contributed by atoms with Gasteiger partial charge in [-0.05, 0) is 25.5 Å². The van der Waals surface area contributed by atoms with Gasteiger partial charge in [0.25, 0.3) is 0 Å². The minimum absolute atomic E-state index is 0.804. The number of aromatic nitrogens is 1. The quantitative estimate of drug-likeness (QED) is 0.729. The third-order valence-electron chi connectivity index (χ3n) is 3.98. The second-order valence-corrected chi connectivity index (χ2v) is 5.43. The summed E-state index contributed by atoms with van der Waals surface area (Å²) in [6.45, 7) is 4.14. The van der Waals surface area contributed by atoms with Crippen LogP contribution in [0.25, 0.3) is 28.3 Å². The van der Waals surface area contributed by atoms with Gasteiger partial charge in [0.15, 0.2) is 11.8 Å². The van der Waals surface area contributed by atoms with Crippen LogP contribution >= 0.6 is 0 Å². The van der Waals surface area contributed by atoms with Crippen molar-refractivity contribution in [3.8, 4) is 11.3 Å². The number of hydrogen-bond acceptors (Lipinski definition) is 2. The second kappa shape index (κ2) is 5.68. The Labute approximate surface area is 130 Å². The number of rotatable bonds is 3. The summed E-state index contributed by atoms with van der Waals surface area (Å²) in [6.07, 6.45) is 6.18. The normalized spacial score (nSPS) is 11.5. The summed E-state index contributed by atoms with van der Waals surface area (Å²) in [5.74, 6) is 0.804. The van der Waals surface area contributed by atoms with Crippen molar-refractivity contribution in [3.05, 3.63) is 53.7 Å². The van der Waals surface area contributed by atoms with Crippen LogP contribution in [0.4, 0.5) is 5.88 Å². The van der Waals surface area contributed by atoms with Crippen LogP contribution in [0.3, 0.4) is 0 Å². The molecule has 0 atom stereocenters. The highest BCUT2D eigenvalue weighted by atomic mass is 16.4. The van der Waals surface area contributed by atoms with Crippen molar-refractivity contribution in [2.75, 3.05) is 12.4 Å². The number of benzene rings is 1. The fourth-order valence-corrected chi connectivity index (χ4v) is 2.90. The van der Waals surface area contributed by atoms with Crippen LogP contribution in [0.2, 0.25) is 0 Å². The Morgan fingerprint density at radius 3 is 2.68 bits per heavy atom. The minimum atomic E-state index is 0.804. The van der Waals surface area contributed by atoms with Gasteiger partial charge in [-0.15, -0.1) is 0 Å². The highest BCUT2D eigenvalue weighted by molar-refractivity contribution is 6.00. The van der Waals surface area contributed by atoms with Gasteiger partial charge in [0, 0.05) is 30.1 Å². The van der Waals surface area contributed by atoms with E-state index in [9.17, 15) is 0 Å². The van der Waals surface area contributed by atoms with E-state index in [0.29, 0.717) is 0 Å². The molecule has 3 nitrogen and oxygen atoms in total. The molecule has 0 radical (unpaired) electrons. The maximum absolute atomic E-state index is 6.15. The molecule has 0 spiro atoms. The zero-order valence-electron chi connectivity index (χ0n) is 13.5. The van der Waals surface area contributed by atoms with Crippen molar-refractivity contribution in [3.63, 3.8) is 0 Å². The number of pyridine rings is 1. The Balaban J connectivity index is 2.40. The number of nitrogens with zero attached hydrogens (tertiary/aromatic N) is 1. The van der Waals surface area contributed by atoms with E-state index < -0.39 is 0 Å². The second-order valence-electron chi connectivity index (χ2n) is 5.43. The minimum Gasteiger partial charge on any atom is -0.439 e. The first-order chi connectivity index (χ1) is 10.7. The third kappa shape index (κ3) is 2.19. The Kier molecular flexibility index (Phi) is 3.72. The van der Waals surface area contributed by atoms with E-state index in [-0.39, 0.29) is 0 Å². The molecule has 0 saturated carbocycles. The Hall–Kier alpha value is -2.55. The first-order valence-corrected chi connectivity index (χ1v) is 7.49. The van der Waals surface area contributed by atoms with Crippen molar-refractivity contribution in [2.24, 2.45) is 7.05 Å². The van der Waals surface area contributed by atoms with E-state index in [4.69, 9.17) is 4.42 Å².